The van der Waals surface area contributed by atoms with E-state index in [4.69, 9.17) is 0 Å². The van der Waals surface area contributed by atoms with E-state index in [2.05, 4.69) is 28.2 Å². The Bertz CT molecular complexity index is 619. The Hall–Kier alpha value is -0.910. The van der Waals surface area contributed by atoms with Crippen molar-refractivity contribution < 1.29 is 8.78 Å². The molecule has 0 aliphatic rings. The largest absolute Gasteiger partial charge is 0.313 e. The predicted octanol–water partition coefficient (Wildman–Crippen LogP) is 5.13. The molecule has 0 aliphatic carbocycles. The van der Waals surface area contributed by atoms with Gasteiger partial charge in [0.25, 0.3) is 0 Å². The van der Waals surface area contributed by atoms with Crippen LogP contribution in [0.2, 0.25) is 0 Å². The van der Waals surface area contributed by atoms with Gasteiger partial charge in [0, 0.05) is 22.8 Å². The second kappa shape index (κ2) is 7.92. The standard InChI is InChI=1S/C16H16BrF2NS/c1-2-20-9-11-4-3-5-12(8-11)21-10-13-15(18)7-6-14(17)16(13)19/h3-8,20H,2,9-10H2,1H3. The molecule has 0 saturated carbocycles. The zero-order chi connectivity index (χ0) is 15.2. The van der Waals surface area contributed by atoms with Crippen LogP contribution < -0.4 is 5.32 Å². The van der Waals surface area contributed by atoms with Gasteiger partial charge in [-0.3, -0.25) is 0 Å². The highest BCUT2D eigenvalue weighted by Gasteiger charge is 2.12. The maximum atomic E-state index is 13.9. The summed E-state index contributed by atoms with van der Waals surface area (Å²) >= 11 is 4.52. The summed E-state index contributed by atoms with van der Waals surface area (Å²) in [5, 5.41) is 3.26. The highest BCUT2D eigenvalue weighted by molar-refractivity contribution is 9.10. The molecule has 0 amide bonds. The van der Waals surface area contributed by atoms with Gasteiger partial charge in [0.2, 0.25) is 0 Å². The lowest BCUT2D eigenvalue weighted by molar-refractivity contribution is 0.562. The van der Waals surface area contributed by atoms with Crippen LogP contribution in [0.1, 0.15) is 18.1 Å². The summed E-state index contributed by atoms with van der Waals surface area (Å²) < 4.78 is 27.9. The van der Waals surface area contributed by atoms with Crippen LogP contribution in [-0.4, -0.2) is 6.54 Å². The van der Waals surface area contributed by atoms with E-state index in [9.17, 15) is 8.78 Å². The van der Waals surface area contributed by atoms with Gasteiger partial charge in [-0.25, -0.2) is 8.78 Å². The summed E-state index contributed by atoms with van der Waals surface area (Å²) in [6.45, 7) is 3.76. The van der Waals surface area contributed by atoms with Gasteiger partial charge >= 0.3 is 0 Å². The average Bonchev–Trinajstić information content (AvgIpc) is 2.49. The molecule has 0 aliphatic heterocycles. The van der Waals surface area contributed by atoms with E-state index in [1.807, 2.05) is 24.3 Å². The van der Waals surface area contributed by atoms with Crippen LogP contribution in [0.5, 0.6) is 0 Å². The monoisotopic (exact) mass is 371 g/mol. The third-order valence-corrected chi connectivity index (χ3v) is 4.63. The molecule has 2 aromatic rings. The molecule has 5 heteroatoms. The number of rotatable bonds is 6. The molecule has 0 atom stereocenters. The van der Waals surface area contributed by atoms with Crippen molar-refractivity contribution >= 4 is 27.7 Å². The lowest BCUT2D eigenvalue weighted by Gasteiger charge is -2.08. The summed E-state index contributed by atoms with van der Waals surface area (Å²) in [4.78, 5) is 1.00. The van der Waals surface area contributed by atoms with Crippen LogP contribution in [0.15, 0.2) is 45.8 Å². The van der Waals surface area contributed by atoms with E-state index >= 15 is 0 Å². The second-order valence-corrected chi connectivity index (χ2v) is 6.44. The summed E-state index contributed by atoms with van der Waals surface area (Å²) in [6.07, 6.45) is 0. The molecule has 112 valence electrons. The molecule has 21 heavy (non-hydrogen) atoms. The van der Waals surface area contributed by atoms with Gasteiger partial charge in [-0.2, -0.15) is 0 Å². The third kappa shape index (κ3) is 4.53. The summed E-state index contributed by atoms with van der Waals surface area (Å²) in [5.41, 5.74) is 1.27. The van der Waals surface area contributed by atoms with Gasteiger partial charge in [0.15, 0.2) is 0 Å². The normalized spacial score (nSPS) is 10.9. The molecule has 2 aromatic carbocycles. The van der Waals surface area contributed by atoms with Crippen molar-refractivity contribution in [2.24, 2.45) is 0 Å². The van der Waals surface area contributed by atoms with Crippen molar-refractivity contribution in [1.82, 2.24) is 5.32 Å². The maximum absolute atomic E-state index is 13.9. The van der Waals surface area contributed by atoms with Crippen LogP contribution in [0, 0.1) is 11.6 Å². The first-order valence-corrected chi connectivity index (χ1v) is 8.44. The number of nitrogens with one attached hydrogen (secondary N) is 1. The zero-order valence-corrected chi connectivity index (χ0v) is 14.0. The number of thioether (sulfide) groups is 1. The number of hydrogen-bond acceptors (Lipinski definition) is 2. The van der Waals surface area contributed by atoms with Crippen molar-refractivity contribution in [3.8, 4) is 0 Å². The van der Waals surface area contributed by atoms with Crippen LogP contribution in [-0.2, 0) is 12.3 Å². The Kier molecular flexibility index (Phi) is 6.21. The molecule has 2 rings (SSSR count). The van der Waals surface area contributed by atoms with Crippen LogP contribution in [0.25, 0.3) is 0 Å². The Morgan fingerprint density at radius 3 is 2.76 bits per heavy atom. The minimum Gasteiger partial charge on any atom is -0.313 e. The Labute approximate surface area is 136 Å². The SMILES string of the molecule is CCNCc1cccc(SCc2c(F)ccc(Br)c2F)c1. The zero-order valence-electron chi connectivity index (χ0n) is 11.6. The first-order chi connectivity index (χ1) is 10.1. The highest BCUT2D eigenvalue weighted by atomic mass is 79.9. The van der Waals surface area contributed by atoms with E-state index in [0.717, 1.165) is 23.5 Å². The van der Waals surface area contributed by atoms with Crippen molar-refractivity contribution in [2.45, 2.75) is 24.1 Å². The van der Waals surface area contributed by atoms with Gasteiger partial charge in [-0.15, -0.1) is 11.8 Å². The number of hydrogen-bond donors (Lipinski definition) is 1. The second-order valence-electron chi connectivity index (χ2n) is 4.54. The van der Waals surface area contributed by atoms with Gasteiger partial charge in [0.1, 0.15) is 11.6 Å². The molecule has 0 radical (unpaired) electrons. The molecule has 0 saturated heterocycles. The fraction of sp³-hybridized carbons (Fsp3) is 0.250. The quantitative estimate of drug-likeness (QED) is 0.557. The number of halogens is 3. The molecule has 1 nitrogen and oxygen atoms in total. The summed E-state index contributed by atoms with van der Waals surface area (Å²) in [6, 6.07) is 10.7. The van der Waals surface area contributed by atoms with E-state index in [-0.39, 0.29) is 11.3 Å². The Morgan fingerprint density at radius 2 is 2.00 bits per heavy atom. The highest BCUT2D eigenvalue weighted by Crippen LogP contribution is 2.29. The predicted molar refractivity (Wildman–Crippen MR) is 87.4 cm³/mol. The van der Waals surface area contributed by atoms with E-state index in [1.165, 1.54) is 23.9 Å². The smallest absolute Gasteiger partial charge is 0.144 e. The first-order valence-electron chi connectivity index (χ1n) is 6.66. The Balaban J connectivity index is 2.08. The van der Waals surface area contributed by atoms with Crippen molar-refractivity contribution in [3.05, 3.63) is 63.6 Å². The Morgan fingerprint density at radius 1 is 1.19 bits per heavy atom. The molecule has 1 N–H and O–H groups in total. The molecule has 0 aromatic heterocycles. The summed E-state index contributed by atoms with van der Waals surface area (Å²) in [5.74, 6) is -0.764. The van der Waals surface area contributed by atoms with Crippen LogP contribution in [0.3, 0.4) is 0 Å². The molecular weight excluding hydrogens is 356 g/mol. The lowest BCUT2D eigenvalue weighted by Crippen LogP contribution is -2.11. The molecule has 0 fully saturated rings. The molecule has 0 spiro atoms. The lowest BCUT2D eigenvalue weighted by atomic mass is 10.2. The minimum absolute atomic E-state index is 0.103. The van der Waals surface area contributed by atoms with E-state index in [1.54, 1.807) is 0 Å². The maximum Gasteiger partial charge on any atom is 0.144 e. The molecule has 0 heterocycles. The van der Waals surface area contributed by atoms with Crippen LogP contribution in [0.4, 0.5) is 8.78 Å². The van der Waals surface area contributed by atoms with Crippen LogP contribution >= 0.6 is 27.7 Å². The van der Waals surface area contributed by atoms with Gasteiger partial charge in [-0.05, 0) is 52.3 Å². The average molecular weight is 372 g/mol. The van der Waals surface area contributed by atoms with Crippen molar-refractivity contribution in [2.75, 3.05) is 6.54 Å². The van der Waals surface area contributed by atoms with E-state index in [0.29, 0.717) is 4.47 Å². The van der Waals surface area contributed by atoms with Gasteiger partial charge in [-0.1, -0.05) is 19.1 Å². The fourth-order valence-electron chi connectivity index (χ4n) is 1.87. The van der Waals surface area contributed by atoms with Gasteiger partial charge in [0.05, 0.1) is 4.47 Å². The molecular formula is C16H16BrF2NS. The third-order valence-electron chi connectivity index (χ3n) is 3.00. The topological polar surface area (TPSA) is 12.0 Å². The van der Waals surface area contributed by atoms with Crippen molar-refractivity contribution in [1.29, 1.82) is 0 Å². The molecule has 0 unspecified atom stereocenters. The van der Waals surface area contributed by atoms with E-state index < -0.39 is 11.6 Å². The van der Waals surface area contributed by atoms with Crippen molar-refractivity contribution in [3.63, 3.8) is 0 Å². The summed E-state index contributed by atoms with van der Waals surface area (Å²) in [7, 11) is 0. The number of benzene rings is 2. The minimum atomic E-state index is -0.522. The molecule has 0 bridgehead atoms. The van der Waals surface area contributed by atoms with Gasteiger partial charge < -0.3 is 5.32 Å². The first kappa shape index (κ1) is 16.5. The fourth-order valence-corrected chi connectivity index (χ4v) is 3.23.